The molecule has 0 saturated carbocycles. The normalized spacial score (nSPS) is 11.7. The number of amides is 2. The summed E-state index contributed by atoms with van der Waals surface area (Å²) < 4.78 is 0. The third kappa shape index (κ3) is 5.37. The molecule has 0 fully saturated rings. The lowest BCUT2D eigenvalue weighted by molar-refractivity contribution is -0.137. The molecule has 1 aromatic heterocycles. The second-order valence-corrected chi connectivity index (χ2v) is 4.38. The third-order valence-corrected chi connectivity index (χ3v) is 2.76. The first-order valence-corrected chi connectivity index (χ1v) is 6.14. The minimum absolute atomic E-state index is 0.0653. The fraction of sp³-hybridized carbons (Fsp3) is 0.462. The summed E-state index contributed by atoms with van der Waals surface area (Å²) in [5.41, 5.74) is 0.926. The molecule has 1 aromatic rings. The molecular weight excluding hydrogens is 246 g/mol. The van der Waals surface area contributed by atoms with Crippen molar-refractivity contribution >= 4 is 12.0 Å². The van der Waals surface area contributed by atoms with Gasteiger partial charge >= 0.3 is 12.0 Å². The highest BCUT2D eigenvalue weighted by Crippen LogP contribution is 2.10. The van der Waals surface area contributed by atoms with Gasteiger partial charge in [-0.15, -0.1) is 0 Å². The Morgan fingerprint density at radius 2 is 2.26 bits per heavy atom. The summed E-state index contributed by atoms with van der Waals surface area (Å²) in [5, 5.41) is 11.4. The predicted molar refractivity (Wildman–Crippen MR) is 70.7 cm³/mol. The quantitative estimate of drug-likeness (QED) is 0.819. The fourth-order valence-corrected chi connectivity index (χ4v) is 1.58. The second-order valence-electron chi connectivity index (χ2n) is 4.38. The molecule has 19 heavy (non-hydrogen) atoms. The van der Waals surface area contributed by atoms with Gasteiger partial charge in [-0.05, 0) is 25.0 Å². The van der Waals surface area contributed by atoms with Crippen LogP contribution >= 0.6 is 0 Å². The van der Waals surface area contributed by atoms with Gasteiger partial charge in [0, 0.05) is 32.4 Å². The SMILES string of the molecule is CC(NC(=O)N(C)CCCC(=O)O)c1cccnc1. The van der Waals surface area contributed by atoms with E-state index in [1.807, 2.05) is 19.1 Å². The molecule has 0 aliphatic rings. The molecule has 0 bridgehead atoms. The van der Waals surface area contributed by atoms with Crippen molar-refractivity contribution in [3.05, 3.63) is 30.1 Å². The number of urea groups is 1. The summed E-state index contributed by atoms with van der Waals surface area (Å²) in [6, 6.07) is 3.35. The molecule has 1 rings (SSSR count). The maximum absolute atomic E-state index is 11.8. The number of hydrogen-bond donors (Lipinski definition) is 2. The zero-order valence-electron chi connectivity index (χ0n) is 11.2. The van der Waals surface area contributed by atoms with Crippen LogP contribution in [0.1, 0.15) is 31.4 Å². The highest BCUT2D eigenvalue weighted by molar-refractivity contribution is 5.74. The van der Waals surface area contributed by atoms with E-state index in [4.69, 9.17) is 5.11 Å². The third-order valence-electron chi connectivity index (χ3n) is 2.76. The van der Waals surface area contributed by atoms with Crippen molar-refractivity contribution in [1.82, 2.24) is 15.2 Å². The molecule has 1 atom stereocenters. The Bertz CT molecular complexity index is 422. The van der Waals surface area contributed by atoms with E-state index in [1.165, 1.54) is 4.90 Å². The van der Waals surface area contributed by atoms with Gasteiger partial charge in [-0.2, -0.15) is 0 Å². The lowest BCUT2D eigenvalue weighted by Crippen LogP contribution is -2.39. The Hall–Kier alpha value is -2.11. The van der Waals surface area contributed by atoms with Crippen LogP contribution in [-0.4, -0.2) is 40.6 Å². The van der Waals surface area contributed by atoms with Gasteiger partial charge in [-0.1, -0.05) is 6.07 Å². The molecule has 104 valence electrons. The lowest BCUT2D eigenvalue weighted by Gasteiger charge is -2.21. The Balaban J connectivity index is 2.39. The molecule has 0 radical (unpaired) electrons. The van der Waals surface area contributed by atoms with Gasteiger partial charge in [0.15, 0.2) is 0 Å². The van der Waals surface area contributed by atoms with Crippen molar-refractivity contribution in [2.45, 2.75) is 25.8 Å². The second kappa shape index (κ2) is 7.35. The molecule has 6 heteroatoms. The van der Waals surface area contributed by atoms with Crippen LogP contribution in [0.4, 0.5) is 4.79 Å². The van der Waals surface area contributed by atoms with Crippen LogP contribution in [0.3, 0.4) is 0 Å². The van der Waals surface area contributed by atoms with E-state index in [0.29, 0.717) is 13.0 Å². The van der Waals surface area contributed by atoms with E-state index in [9.17, 15) is 9.59 Å². The van der Waals surface area contributed by atoms with Gasteiger partial charge in [-0.25, -0.2) is 4.79 Å². The Labute approximate surface area is 112 Å². The maximum atomic E-state index is 11.8. The van der Waals surface area contributed by atoms with Crippen LogP contribution in [0.25, 0.3) is 0 Å². The first kappa shape index (κ1) is 14.9. The number of nitrogens with zero attached hydrogens (tertiary/aromatic N) is 2. The highest BCUT2D eigenvalue weighted by Gasteiger charge is 2.13. The zero-order chi connectivity index (χ0) is 14.3. The van der Waals surface area contributed by atoms with Crippen molar-refractivity contribution in [2.75, 3.05) is 13.6 Å². The first-order valence-electron chi connectivity index (χ1n) is 6.14. The van der Waals surface area contributed by atoms with Crippen molar-refractivity contribution in [3.63, 3.8) is 0 Å². The molecule has 0 aliphatic heterocycles. The summed E-state index contributed by atoms with van der Waals surface area (Å²) in [4.78, 5) is 27.7. The van der Waals surface area contributed by atoms with Gasteiger partial charge in [-0.3, -0.25) is 9.78 Å². The number of pyridine rings is 1. The lowest BCUT2D eigenvalue weighted by atomic mass is 10.1. The molecule has 0 saturated heterocycles. The van der Waals surface area contributed by atoms with Gasteiger partial charge in [0.05, 0.1) is 6.04 Å². The number of aromatic nitrogens is 1. The summed E-state index contributed by atoms with van der Waals surface area (Å²) >= 11 is 0. The number of carboxylic acid groups (broad SMARTS) is 1. The van der Waals surface area contributed by atoms with Crippen LogP contribution in [0.5, 0.6) is 0 Å². The van der Waals surface area contributed by atoms with Crippen molar-refractivity contribution in [3.8, 4) is 0 Å². The Morgan fingerprint density at radius 3 is 2.84 bits per heavy atom. The van der Waals surface area contributed by atoms with Crippen molar-refractivity contribution < 1.29 is 14.7 Å². The van der Waals surface area contributed by atoms with Crippen LogP contribution in [0.2, 0.25) is 0 Å². The van der Waals surface area contributed by atoms with E-state index < -0.39 is 5.97 Å². The minimum atomic E-state index is -0.850. The summed E-state index contributed by atoms with van der Waals surface area (Å²) in [6.07, 6.45) is 3.89. The molecule has 2 amide bonds. The molecule has 6 nitrogen and oxygen atoms in total. The average Bonchev–Trinajstić information content (AvgIpc) is 2.39. The van der Waals surface area contributed by atoms with Gasteiger partial charge in [0.2, 0.25) is 0 Å². The van der Waals surface area contributed by atoms with Gasteiger partial charge < -0.3 is 15.3 Å². The van der Waals surface area contributed by atoms with E-state index in [-0.39, 0.29) is 18.5 Å². The molecule has 0 aromatic carbocycles. The van der Waals surface area contributed by atoms with E-state index in [0.717, 1.165) is 5.56 Å². The number of carboxylic acids is 1. The smallest absolute Gasteiger partial charge is 0.317 e. The molecule has 0 aliphatic carbocycles. The van der Waals surface area contributed by atoms with E-state index in [2.05, 4.69) is 10.3 Å². The number of aliphatic carboxylic acids is 1. The number of hydrogen-bond acceptors (Lipinski definition) is 3. The van der Waals surface area contributed by atoms with Crippen LogP contribution in [0, 0.1) is 0 Å². The van der Waals surface area contributed by atoms with Crippen LogP contribution < -0.4 is 5.32 Å². The first-order chi connectivity index (χ1) is 9.00. The van der Waals surface area contributed by atoms with Crippen LogP contribution in [-0.2, 0) is 4.79 Å². The van der Waals surface area contributed by atoms with Gasteiger partial charge in [0.25, 0.3) is 0 Å². The molecule has 1 unspecified atom stereocenters. The number of carbonyl (C=O) groups excluding carboxylic acids is 1. The molecular formula is C13H19N3O3. The zero-order valence-corrected chi connectivity index (χ0v) is 11.2. The topological polar surface area (TPSA) is 82.5 Å². The maximum Gasteiger partial charge on any atom is 0.317 e. The molecule has 2 N–H and O–H groups in total. The average molecular weight is 265 g/mol. The fourth-order valence-electron chi connectivity index (χ4n) is 1.58. The number of carbonyl (C=O) groups is 2. The number of nitrogens with one attached hydrogen (secondary N) is 1. The van der Waals surface area contributed by atoms with E-state index >= 15 is 0 Å². The highest BCUT2D eigenvalue weighted by atomic mass is 16.4. The van der Waals surface area contributed by atoms with Crippen molar-refractivity contribution in [1.29, 1.82) is 0 Å². The number of rotatable bonds is 6. The minimum Gasteiger partial charge on any atom is -0.481 e. The summed E-state index contributed by atoms with van der Waals surface area (Å²) in [6.45, 7) is 2.29. The molecule has 0 spiro atoms. The summed E-state index contributed by atoms with van der Waals surface area (Å²) in [7, 11) is 1.65. The van der Waals surface area contributed by atoms with Crippen molar-refractivity contribution in [2.24, 2.45) is 0 Å². The van der Waals surface area contributed by atoms with E-state index in [1.54, 1.807) is 19.4 Å². The Kier molecular flexibility index (Phi) is 5.78. The summed E-state index contributed by atoms with van der Waals surface area (Å²) in [5.74, 6) is -0.850. The monoisotopic (exact) mass is 265 g/mol. The van der Waals surface area contributed by atoms with Crippen LogP contribution in [0.15, 0.2) is 24.5 Å². The van der Waals surface area contributed by atoms with Gasteiger partial charge in [0.1, 0.15) is 0 Å². The Morgan fingerprint density at radius 1 is 1.53 bits per heavy atom. The largest absolute Gasteiger partial charge is 0.481 e. The predicted octanol–water partition coefficient (Wildman–Crippen LogP) is 1.65. The molecule has 1 heterocycles. The standard InChI is InChI=1S/C13H19N3O3/c1-10(11-5-3-7-14-9-11)15-13(19)16(2)8-4-6-12(17)18/h3,5,7,9-10H,4,6,8H2,1-2H3,(H,15,19)(H,17,18).